The fourth-order valence-electron chi connectivity index (χ4n) is 3.42. The Hall–Kier alpha value is -3.85. The third-order valence-electron chi connectivity index (χ3n) is 5.28. The smallest absolute Gasteiger partial charge is 0.338 e. The van der Waals surface area contributed by atoms with Crippen LogP contribution in [0.1, 0.15) is 37.0 Å². The summed E-state index contributed by atoms with van der Waals surface area (Å²) in [6.45, 7) is 3.86. The van der Waals surface area contributed by atoms with Gasteiger partial charge in [-0.05, 0) is 74.0 Å². The fourth-order valence-corrected chi connectivity index (χ4v) is 4.60. The number of ether oxygens (including phenoxy) is 2. The normalized spacial score (nSPS) is 11.9. The number of para-hydroxylation sites is 1. The number of unbranched alkanes of at least 4 members (excludes halogenated alkanes) is 1. The number of sulfonamides is 1. The first-order valence-corrected chi connectivity index (χ1v) is 13.4. The number of benzene rings is 3. The summed E-state index contributed by atoms with van der Waals surface area (Å²) < 4.78 is 37.2. The predicted octanol–water partition coefficient (Wildman–Crippen LogP) is 5.23. The second-order valence-corrected chi connectivity index (χ2v) is 10.1. The first-order valence-electron chi connectivity index (χ1n) is 11.6. The summed E-state index contributed by atoms with van der Waals surface area (Å²) in [5.41, 5.74) is 1.12. The molecule has 1 N–H and O–H groups in total. The molecule has 1 atom stereocenters. The van der Waals surface area contributed by atoms with Crippen LogP contribution >= 0.6 is 0 Å². The van der Waals surface area contributed by atoms with E-state index in [9.17, 15) is 18.0 Å². The van der Waals surface area contributed by atoms with E-state index in [1.165, 1.54) is 6.92 Å². The maximum absolute atomic E-state index is 12.9. The van der Waals surface area contributed by atoms with Gasteiger partial charge in [-0.15, -0.1) is 0 Å². The molecular weight excluding hydrogens is 480 g/mol. The van der Waals surface area contributed by atoms with E-state index in [0.717, 1.165) is 23.4 Å². The van der Waals surface area contributed by atoms with Crippen molar-refractivity contribution >= 4 is 33.3 Å². The van der Waals surface area contributed by atoms with Gasteiger partial charge in [-0.3, -0.25) is 9.10 Å². The van der Waals surface area contributed by atoms with Gasteiger partial charge in [0.2, 0.25) is 15.9 Å². The number of hydrogen-bond acceptors (Lipinski definition) is 6. The molecule has 3 aromatic carbocycles. The Morgan fingerprint density at radius 1 is 0.917 bits per heavy atom. The summed E-state index contributed by atoms with van der Waals surface area (Å²) in [7, 11) is -3.78. The Morgan fingerprint density at radius 2 is 1.53 bits per heavy atom. The van der Waals surface area contributed by atoms with E-state index < -0.39 is 27.9 Å². The number of nitrogens with one attached hydrogen (secondary N) is 1. The molecule has 3 rings (SSSR count). The van der Waals surface area contributed by atoms with E-state index in [1.807, 2.05) is 37.3 Å². The fraction of sp³-hybridized carbons (Fsp3) is 0.259. The molecule has 0 aromatic heterocycles. The minimum absolute atomic E-state index is 0.325. The number of rotatable bonds is 11. The molecule has 3 aromatic rings. The maximum atomic E-state index is 12.9. The average molecular weight is 511 g/mol. The van der Waals surface area contributed by atoms with Crippen LogP contribution in [-0.4, -0.2) is 39.2 Å². The monoisotopic (exact) mass is 510 g/mol. The average Bonchev–Trinajstić information content (AvgIpc) is 2.85. The number of nitrogens with zero attached hydrogens (tertiary/aromatic N) is 1. The Labute approximate surface area is 211 Å². The Kier molecular flexibility index (Phi) is 9.08. The minimum atomic E-state index is -3.78. The van der Waals surface area contributed by atoms with Gasteiger partial charge >= 0.3 is 5.97 Å². The summed E-state index contributed by atoms with van der Waals surface area (Å²) in [6.07, 6.45) is 2.76. The zero-order chi connectivity index (χ0) is 26.1. The molecule has 0 aliphatic rings. The van der Waals surface area contributed by atoms with Crippen molar-refractivity contribution in [3.8, 4) is 11.5 Å². The Balaban J connectivity index is 1.69. The zero-order valence-electron chi connectivity index (χ0n) is 20.5. The molecule has 0 aliphatic carbocycles. The van der Waals surface area contributed by atoms with E-state index in [-0.39, 0.29) is 0 Å². The molecule has 0 heterocycles. The Bertz CT molecular complexity index is 1260. The Morgan fingerprint density at radius 3 is 2.11 bits per heavy atom. The number of carbonyl (C=O) groups excluding carboxylic acids is 2. The van der Waals surface area contributed by atoms with E-state index in [2.05, 4.69) is 5.32 Å². The van der Waals surface area contributed by atoms with Crippen LogP contribution in [0.25, 0.3) is 0 Å². The van der Waals surface area contributed by atoms with Gasteiger partial charge in [0, 0.05) is 5.69 Å². The van der Waals surface area contributed by atoms with Gasteiger partial charge in [0.15, 0.2) is 0 Å². The number of carbonyl (C=O) groups is 2. The van der Waals surface area contributed by atoms with Crippen molar-refractivity contribution in [1.29, 1.82) is 0 Å². The molecule has 0 spiro atoms. The van der Waals surface area contributed by atoms with Crippen molar-refractivity contribution in [2.45, 2.75) is 32.7 Å². The molecule has 0 unspecified atom stereocenters. The van der Waals surface area contributed by atoms with Crippen LogP contribution in [0.3, 0.4) is 0 Å². The first kappa shape index (κ1) is 26.7. The predicted molar refractivity (Wildman–Crippen MR) is 140 cm³/mol. The lowest BCUT2D eigenvalue weighted by molar-refractivity contribution is -0.116. The highest BCUT2D eigenvalue weighted by atomic mass is 32.2. The van der Waals surface area contributed by atoms with E-state index in [4.69, 9.17) is 9.47 Å². The highest BCUT2D eigenvalue weighted by Crippen LogP contribution is 2.27. The van der Waals surface area contributed by atoms with Crippen molar-refractivity contribution in [1.82, 2.24) is 0 Å². The molecule has 0 radical (unpaired) electrons. The van der Waals surface area contributed by atoms with Gasteiger partial charge in [0.25, 0.3) is 0 Å². The van der Waals surface area contributed by atoms with Crippen molar-refractivity contribution in [3.63, 3.8) is 0 Å². The summed E-state index contributed by atoms with van der Waals surface area (Å²) in [4.78, 5) is 25.0. The highest BCUT2D eigenvalue weighted by Gasteiger charge is 2.29. The summed E-state index contributed by atoms with van der Waals surface area (Å²) in [6, 6.07) is 20.9. The van der Waals surface area contributed by atoms with Gasteiger partial charge in [-0.1, -0.05) is 31.5 Å². The largest absolute Gasteiger partial charge is 0.462 e. The summed E-state index contributed by atoms with van der Waals surface area (Å²) >= 11 is 0. The molecule has 0 saturated carbocycles. The molecule has 1 amide bonds. The van der Waals surface area contributed by atoms with E-state index >= 15 is 0 Å². The molecular formula is C27H30N2O6S. The van der Waals surface area contributed by atoms with Crippen LogP contribution in [0.2, 0.25) is 0 Å². The van der Waals surface area contributed by atoms with Crippen LogP contribution in [0.4, 0.5) is 11.4 Å². The second-order valence-electron chi connectivity index (χ2n) is 8.20. The standard InChI is InChI=1S/C27H30N2O6S/c1-4-5-19-34-27(31)21-11-13-22(14-12-21)28-26(30)20(2)29(36(3,32)33)23-15-17-25(18-16-23)35-24-9-7-6-8-10-24/h6-18,20H,4-5,19H2,1-3H3,(H,28,30)/t20-/m1/s1. The maximum Gasteiger partial charge on any atom is 0.338 e. The quantitative estimate of drug-likeness (QED) is 0.280. The molecule has 0 saturated heterocycles. The zero-order valence-corrected chi connectivity index (χ0v) is 21.3. The van der Waals surface area contributed by atoms with Crippen LogP contribution in [0, 0.1) is 0 Å². The highest BCUT2D eigenvalue weighted by molar-refractivity contribution is 7.92. The lowest BCUT2D eigenvalue weighted by atomic mass is 10.2. The minimum Gasteiger partial charge on any atom is -0.462 e. The molecule has 9 heteroatoms. The van der Waals surface area contributed by atoms with E-state index in [1.54, 1.807) is 48.5 Å². The van der Waals surface area contributed by atoms with Gasteiger partial charge < -0.3 is 14.8 Å². The topological polar surface area (TPSA) is 102 Å². The van der Waals surface area contributed by atoms with E-state index in [0.29, 0.717) is 35.0 Å². The SMILES string of the molecule is CCCCOC(=O)c1ccc(NC(=O)[C@@H](C)N(c2ccc(Oc3ccccc3)cc2)S(C)(=O)=O)cc1. The molecule has 190 valence electrons. The van der Waals surface area contributed by atoms with Gasteiger partial charge in [-0.2, -0.15) is 0 Å². The number of anilines is 2. The molecule has 8 nitrogen and oxygen atoms in total. The van der Waals surface area contributed by atoms with Gasteiger partial charge in [0.05, 0.1) is 24.1 Å². The molecule has 36 heavy (non-hydrogen) atoms. The van der Waals surface area contributed by atoms with Crippen LogP contribution in [-0.2, 0) is 19.6 Å². The lowest BCUT2D eigenvalue weighted by Gasteiger charge is -2.28. The lowest BCUT2D eigenvalue weighted by Crippen LogP contribution is -2.45. The summed E-state index contributed by atoms with van der Waals surface area (Å²) in [5.74, 6) is 0.225. The van der Waals surface area contributed by atoms with Crippen molar-refractivity contribution in [3.05, 3.63) is 84.4 Å². The molecule has 0 bridgehead atoms. The van der Waals surface area contributed by atoms with Gasteiger partial charge in [0.1, 0.15) is 17.5 Å². The number of amides is 1. The van der Waals surface area contributed by atoms with Crippen molar-refractivity contribution in [2.75, 3.05) is 22.5 Å². The van der Waals surface area contributed by atoms with Crippen molar-refractivity contribution in [2.24, 2.45) is 0 Å². The molecule has 0 fully saturated rings. The van der Waals surface area contributed by atoms with Gasteiger partial charge in [-0.25, -0.2) is 13.2 Å². The van der Waals surface area contributed by atoms with Crippen LogP contribution in [0.5, 0.6) is 11.5 Å². The molecule has 0 aliphatic heterocycles. The second kappa shape index (κ2) is 12.2. The van der Waals surface area contributed by atoms with Crippen LogP contribution in [0.15, 0.2) is 78.9 Å². The van der Waals surface area contributed by atoms with Crippen LogP contribution < -0.4 is 14.4 Å². The third-order valence-corrected chi connectivity index (χ3v) is 6.52. The third kappa shape index (κ3) is 7.32. The summed E-state index contributed by atoms with van der Waals surface area (Å²) in [5, 5.41) is 2.70. The first-order chi connectivity index (χ1) is 17.2. The van der Waals surface area contributed by atoms with Crippen molar-refractivity contribution < 1.29 is 27.5 Å². The number of hydrogen-bond donors (Lipinski definition) is 1. The number of esters is 1.